The molecule has 148 valence electrons. The van der Waals surface area contributed by atoms with E-state index in [4.69, 9.17) is 4.74 Å². The number of benzene rings is 2. The Hall–Kier alpha value is -3.67. The van der Waals surface area contributed by atoms with Crippen LogP contribution in [0.2, 0.25) is 0 Å². The zero-order chi connectivity index (χ0) is 20.5. The monoisotopic (exact) mass is 389 g/mol. The number of rotatable bonds is 8. The van der Waals surface area contributed by atoms with E-state index >= 15 is 0 Å². The third kappa shape index (κ3) is 5.65. The molecule has 0 bridgehead atoms. The zero-order valence-electron chi connectivity index (χ0n) is 16.2. The first kappa shape index (κ1) is 20.1. The van der Waals surface area contributed by atoms with Crippen LogP contribution < -0.4 is 15.4 Å². The number of nitrogens with zero attached hydrogens (tertiary/aromatic N) is 1. The number of carbonyl (C=O) groups excluding carboxylic acids is 2. The molecule has 3 aromatic rings. The molecule has 2 aromatic carbocycles. The molecule has 0 spiro atoms. The Morgan fingerprint density at radius 3 is 2.28 bits per heavy atom. The first-order valence-electron chi connectivity index (χ1n) is 9.34. The van der Waals surface area contributed by atoms with Crippen LogP contribution >= 0.6 is 0 Å². The molecule has 2 amide bonds. The van der Waals surface area contributed by atoms with Crippen molar-refractivity contribution in [1.29, 1.82) is 0 Å². The van der Waals surface area contributed by atoms with Gasteiger partial charge in [0.1, 0.15) is 5.75 Å². The van der Waals surface area contributed by atoms with Gasteiger partial charge >= 0.3 is 0 Å². The summed E-state index contributed by atoms with van der Waals surface area (Å²) in [6.07, 6.45) is 3.54. The van der Waals surface area contributed by atoms with Crippen molar-refractivity contribution >= 4 is 11.8 Å². The minimum absolute atomic E-state index is 0.273. The highest BCUT2D eigenvalue weighted by atomic mass is 16.5. The van der Waals surface area contributed by atoms with Crippen molar-refractivity contribution in [2.24, 2.45) is 0 Å². The molecular weight excluding hydrogens is 366 g/mol. The van der Waals surface area contributed by atoms with Gasteiger partial charge in [-0.1, -0.05) is 48.5 Å². The summed E-state index contributed by atoms with van der Waals surface area (Å²) in [5.74, 6) is 0.246. The Morgan fingerprint density at radius 2 is 1.55 bits per heavy atom. The molecule has 0 saturated carbocycles. The SMILES string of the molecule is COc1ccccc1CCNC(=O)c1cncc(C(=O)NCc2ccccc2)c1. The lowest BCUT2D eigenvalue weighted by Gasteiger charge is -2.10. The van der Waals surface area contributed by atoms with E-state index in [1.54, 1.807) is 13.2 Å². The van der Waals surface area contributed by atoms with Crippen LogP contribution in [0.5, 0.6) is 5.75 Å². The summed E-state index contributed by atoms with van der Waals surface area (Å²) < 4.78 is 5.32. The smallest absolute Gasteiger partial charge is 0.253 e. The number of ether oxygens (including phenoxy) is 1. The van der Waals surface area contributed by atoms with Gasteiger partial charge in [0.15, 0.2) is 0 Å². The number of hydrogen-bond acceptors (Lipinski definition) is 4. The summed E-state index contributed by atoms with van der Waals surface area (Å²) in [5, 5.41) is 5.69. The number of hydrogen-bond donors (Lipinski definition) is 2. The van der Waals surface area contributed by atoms with E-state index < -0.39 is 0 Å². The number of amides is 2. The van der Waals surface area contributed by atoms with E-state index in [9.17, 15) is 9.59 Å². The van der Waals surface area contributed by atoms with Crippen LogP contribution in [0.15, 0.2) is 73.1 Å². The molecule has 0 saturated heterocycles. The molecular formula is C23H23N3O3. The van der Waals surface area contributed by atoms with Gasteiger partial charge in [-0.05, 0) is 29.7 Å². The maximum Gasteiger partial charge on any atom is 0.253 e. The summed E-state index contributed by atoms with van der Waals surface area (Å²) >= 11 is 0. The van der Waals surface area contributed by atoms with Gasteiger partial charge in [-0.3, -0.25) is 14.6 Å². The molecule has 0 aliphatic carbocycles. The van der Waals surface area contributed by atoms with Crippen LogP contribution in [0.4, 0.5) is 0 Å². The largest absolute Gasteiger partial charge is 0.496 e. The highest BCUT2D eigenvalue weighted by Crippen LogP contribution is 2.17. The fourth-order valence-corrected chi connectivity index (χ4v) is 2.89. The third-order valence-corrected chi connectivity index (χ3v) is 4.43. The number of methoxy groups -OCH3 is 1. The van der Waals surface area contributed by atoms with Gasteiger partial charge in [0, 0.05) is 25.5 Å². The first-order chi connectivity index (χ1) is 14.2. The molecule has 0 unspecified atom stereocenters. The van der Waals surface area contributed by atoms with E-state index in [-0.39, 0.29) is 11.8 Å². The molecule has 6 nitrogen and oxygen atoms in total. The average molecular weight is 389 g/mol. The standard InChI is InChI=1S/C23H23N3O3/c1-29-21-10-6-5-9-18(21)11-12-25-22(27)19-13-20(16-24-15-19)23(28)26-14-17-7-3-2-4-8-17/h2-10,13,15-16H,11-12,14H2,1H3,(H,25,27)(H,26,28). The lowest BCUT2D eigenvalue weighted by molar-refractivity contribution is 0.0950. The Labute approximate surface area is 169 Å². The van der Waals surface area contributed by atoms with Crippen molar-refractivity contribution in [3.63, 3.8) is 0 Å². The van der Waals surface area contributed by atoms with Crippen molar-refractivity contribution in [2.75, 3.05) is 13.7 Å². The van der Waals surface area contributed by atoms with E-state index in [2.05, 4.69) is 15.6 Å². The number of nitrogens with one attached hydrogen (secondary N) is 2. The van der Waals surface area contributed by atoms with Crippen molar-refractivity contribution < 1.29 is 14.3 Å². The quantitative estimate of drug-likeness (QED) is 0.621. The predicted molar refractivity (Wildman–Crippen MR) is 111 cm³/mol. The van der Waals surface area contributed by atoms with Gasteiger partial charge in [0.25, 0.3) is 11.8 Å². The van der Waals surface area contributed by atoms with E-state index in [1.807, 2.05) is 54.6 Å². The average Bonchev–Trinajstić information content (AvgIpc) is 2.78. The highest BCUT2D eigenvalue weighted by molar-refractivity contribution is 5.99. The van der Waals surface area contributed by atoms with Crippen LogP contribution in [-0.4, -0.2) is 30.5 Å². The van der Waals surface area contributed by atoms with Crippen molar-refractivity contribution in [3.8, 4) is 5.75 Å². The Kier molecular flexibility index (Phi) is 6.95. The van der Waals surface area contributed by atoms with Crippen LogP contribution in [-0.2, 0) is 13.0 Å². The van der Waals surface area contributed by atoms with Crippen LogP contribution in [0.1, 0.15) is 31.8 Å². The number of carbonyl (C=O) groups is 2. The molecule has 0 fully saturated rings. The second kappa shape index (κ2) is 10.0. The second-order valence-electron chi connectivity index (χ2n) is 6.45. The maximum absolute atomic E-state index is 12.4. The van der Waals surface area contributed by atoms with Crippen molar-refractivity contribution in [1.82, 2.24) is 15.6 Å². The molecule has 3 rings (SSSR count). The van der Waals surface area contributed by atoms with Gasteiger partial charge in [-0.15, -0.1) is 0 Å². The highest BCUT2D eigenvalue weighted by Gasteiger charge is 2.11. The van der Waals surface area contributed by atoms with E-state index in [1.165, 1.54) is 12.4 Å². The van der Waals surface area contributed by atoms with E-state index in [0.717, 1.165) is 16.9 Å². The molecule has 0 atom stereocenters. The van der Waals surface area contributed by atoms with Gasteiger partial charge < -0.3 is 15.4 Å². The topological polar surface area (TPSA) is 80.3 Å². The lowest BCUT2D eigenvalue weighted by Crippen LogP contribution is -2.27. The first-order valence-corrected chi connectivity index (χ1v) is 9.34. The molecule has 0 radical (unpaired) electrons. The normalized spacial score (nSPS) is 10.2. The van der Waals surface area contributed by atoms with Crippen molar-refractivity contribution in [2.45, 2.75) is 13.0 Å². The summed E-state index contributed by atoms with van der Waals surface area (Å²) in [5.41, 5.74) is 2.71. The maximum atomic E-state index is 12.4. The Bertz CT molecular complexity index is 974. The fraction of sp³-hybridized carbons (Fsp3) is 0.174. The molecule has 29 heavy (non-hydrogen) atoms. The minimum Gasteiger partial charge on any atom is -0.496 e. The summed E-state index contributed by atoms with van der Waals surface area (Å²) in [7, 11) is 1.62. The second-order valence-corrected chi connectivity index (χ2v) is 6.45. The summed E-state index contributed by atoms with van der Waals surface area (Å²) in [6, 6.07) is 18.9. The molecule has 2 N–H and O–H groups in total. The zero-order valence-corrected chi connectivity index (χ0v) is 16.2. The molecule has 0 aliphatic rings. The Morgan fingerprint density at radius 1 is 0.897 bits per heavy atom. The van der Waals surface area contributed by atoms with Gasteiger partial charge in [0.2, 0.25) is 0 Å². The molecule has 1 aromatic heterocycles. The molecule has 1 heterocycles. The Balaban J connectivity index is 1.55. The van der Waals surface area contributed by atoms with Crippen LogP contribution in [0.3, 0.4) is 0 Å². The van der Waals surface area contributed by atoms with Crippen molar-refractivity contribution in [3.05, 3.63) is 95.3 Å². The van der Waals surface area contributed by atoms with E-state index in [0.29, 0.717) is 30.6 Å². The number of aromatic nitrogens is 1. The molecule has 0 aliphatic heterocycles. The minimum atomic E-state index is -0.273. The predicted octanol–water partition coefficient (Wildman–Crippen LogP) is 2.99. The number of para-hydroxylation sites is 1. The van der Waals surface area contributed by atoms with Crippen LogP contribution in [0.25, 0.3) is 0 Å². The van der Waals surface area contributed by atoms with Crippen LogP contribution in [0, 0.1) is 0 Å². The van der Waals surface area contributed by atoms with Gasteiger partial charge in [0.05, 0.1) is 18.2 Å². The third-order valence-electron chi connectivity index (χ3n) is 4.43. The van der Waals surface area contributed by atoms with Gasteiger partial charge in [-0.2, -0.15) is 0 Å². The summed E-state index contributed by atoms with van der Waals surface area (Å²) in [4.78, 5) is 28.8. The number of pyridine rings is 1. The lowest BCUT2D eigenvalue weighted by atomic mass is 10.1. The molecule has 6 heteroatoms. The van der Waals surface area contributed by atoms with Gasteiger partial charge in [-0.25, -0.2) is 0 Å². The fourth-order valence-electron chi connectivity index (χ4n) is 2.89. The summed E-state index contributed by atoms with van der Waals surface area (Å²) in [6.45, 7) is 0.860.